The van der Waals surface area contributed by atoms with Crippen molar-refractivity contribution in [1.82, 2.24) is 4.57 Å². The summed E-state index contributed by atoms with van der Waals surface area (Å²) in [6.07, 6.45) is 3.82. The molecule has 3 atom stereocenters. The number of aryl methyl sites for hydroxylation is 1. The molecular formula is C24H28N2O8. The van der Waals surface area contributed by atoms with Crippen molar-refractivity contribution >= 4 is 17.7 Å². The fraction of sp³-hybridized carbons (Fsp3) is 0.417. The Morgan fingerprint density at radius 1 is 1.15 bits per heavy atom. The fourth-order valence-corrected chi connectivity index (χ4v) is 4.34. The minimum Gasteiger partial charge on any atom is -0.493 e. The van der Waals surface area contributed by atoms with Crippen LogP contribution in [0, 0.1) is 0 Å². The lowest BCUT2D eigenvalue weighted by atomic mass is 9.74. The lowest BCUT2D eigenvalue weighted by molar-refractivity contribution is -0.159. The smallest absolute Gasteiger partial charge is 0.414 e. The van der Waals surface area contributed by atoms with Crippen molar-refractivity contribution in [3.63, 3.8) is 0 Å². The van der Waals surface area contributed by atoms with Crippen molar-refractivity contribution in [2.45, 2.75) is 44.2 Å². The molecule has 0 saturated heterocycles. The molecule has 1 aromatic heterocycles. The summed E-state index contributed by atoms with van der Waals surface area (Å²) >= 11 is 0. The third kappa shape index (κ3) is 5.28. The van der Waals surface area contributed by atoms with Gasteiger partial charge in [0.25, 0.3) is 0 Å². The first-order valence-corrected chi connectivity index (χ1v) is 10.9. The maximum atomic E-state index is 11.8. The topological polar surface area (TPSA) is 148 Å². The summed E-state index contributed by atoms with van der Waals surface area (Å²) in [6, 6.07) is 7.53. The fourth-order valence-electron chi connectivity index (χ4n) is 4.34. The maximum absolute atomic E-state index is 11.8. The van der Waals surface area contributed by atoms with Crippen LogP contribution in [0.2, 0.25) is 0 Å². The molecule has 0 bridgehead atoms. The summed E-state index contributed by atoms with van der Waals surface area (Å²) < 4.78 is 12.9. The number of ether oxygens (including phenoxy) is 2. The van der Waals surface area contributed by atoms with Gasteiger partial charge in [0.1, 0.15) is 0 Å². The molecule has 1 aromatic carbocycles. The number of hydrogen-bond acceptors (Lipinski definition) is 7. The third-order valence-corrected chi connectivity index (χ3v) is 5.91. The van der Waals surface area contributed by atoms with Crippen LogP contribution in [-0.2, 0) is 16.6 Å². The van der Waals surface area contributed by atoms with E-state index in [4.69, 9.17) is 34.3 Å². The highest BCUT2D eigenvalue weighted by atomic mass is 16.5. The Hall–Kier alpha value is -3.66. The molecule has 10 heteroatoms. The monoisotopic (exact) mass is 472 g/mol. The van der Waals surface area contributed by atoms with E-state index >= 15 is 0 Å². The van der Waals surface area contributed by atoms with E-state index in [1.54, 1.807) is 24.8 Å². The SMILES string of the molecule is CCOc1cc2c(cc1OC)C(c1ccc(=O)n(C)c1)=N[C@@H]1CC[C@@H](O)C[C@H]21.O=C(O)C(=O)O. The predicted molar refractivity (Wildman–Crippen MR) is 123 cm³/mol. The molecule has 2 aliphatic rings. The van der Waals surface area contributed by atoms with E-state index in [2.05, 4.69) is 0 Å². The highest BCUT2D eigenvalue weighted by Crippen LogP contribution is 2.44. The number of fused-ring (bicyclic) bond motifs is 3. The van der Waals surface area contributed by atoms with E-state index in [0.29, 0.717) is 24.5 Å². The lowest BCUT2D eigenvalue weighted by Crippen LogP contribution is -2.34. The number of aliphatic carboxylic acids is 2. The van der Waals surface area contributed by atoms with Gasteiger partial charge in [0.05, 0.1) is 31.6 Å². The number of hydrogen-bond donors (Lipinski definition) is 3. The van der Waals surface area contributed by atoms with E-state index in [1.807, 2.05) is 31.3 Å². The zero-order chi connectivity index (χ0) is 25.0. The number of benzene rings is 1. The Bertz CT molecular complexity index is 1160. The molecule has 2 heterocycles. The number of pyridine rings is 1. The summed E-state index contributed by atoms with van der Waals surface area (Å²) in [4.78, 5) is 35.1. The van der Waals surface area contributed by atoms with Crippen LogP contribution >= 0.6 is 0 Å². The molecule has 34 heavy (non-hydrogen) atoms. The summed E-state index contributed by atoms with van der Waals surface area (Å²) in [5.41, 5.74) is 3.83. The van der Waals surface area contributed by atoms with Crippen LogP contribution in [0.5, 0.6) is 11.5 Å². The molecule has 1 aliphatic carbocycles. The molecule has 0 amide bonds. The first kappa shape index (κ1) is 25.0. The van der Waals surface area contributed by atoms with E-state index in [0.717, 1.165) is 35.2 Å². The van der Waals surface area contributed by atoms with Gasteiger partial charge in [-0.25, -0.2) is 9.59 Å². The first-order valence-electron chi connectivity index (χ1n) is 10.9. The molecule has 1 saturated carbocycles. The number of methoxy groups -OCH3 is 1. The van der Waals surface area contributed by atoms with E-state index in [-0.39, 0.29) is 23.6 Å². The van der Waals surface area contributed by atoms with Crippen LogP contribution in [0.1, 0.15) is 48.8 Å². The Kier molecular flexibility index (Phi) is 7.72. The van der Waals surface area contributed by atoms with Gasteiger partial charge >= 0.3 is 11.9 Å². The molecular weight excluding hydrogens is 444 g/mol. The average Bonchev–Trinajstić information content (AvgIpc) is 2.80. The quantitative estimate of drug-likeness (QED) is 0.571. The first-order chi connectivity index (χ1) is 16.2. The molecule has 0 radical (unpaired) electrons. The summed E-state index contributed by atoms with van der Waals surface area (Å²) in [6.45, 7) is 2.50. The van der Waals surface area contributed by atoms with Crippen LogP contribution in [0.15, 0.2) is 40.2 Å². The van der Waals surface area contributed by atoms with Crippen molar-refractivity contribution in [3.8, 4) is 11.5 Å². The Balaban J connectivity index is 0.000000481. The Morgan fingerprint density at radius 3 is 2.44 bits per heavy atom. The summed E-state index contributed by atoms with van der Waals surface area (Å²) in [5.74, 6) is -2.12. The van der Waals surface area contributed by atoms with Gasteiger partial charge in [-0.2, -0.15) is 0 Å². The molecule has 3 N–H and O–H groups in total. The molecule has 0 spiro atoms. The van der Waals surface area contributed by atoms with Crippen LogP contribution in [0.25, 0.3) is 0 Å². The van der Waals surface area contributed by atoms with Crippen molar-refractivity contribution in [1.29, 1.82) is 0 Å². The van der Waals surface area contributed by atoms with Gasteiger partial charge in [0.15, 0.2) is 11.5 Å². The predicted octanol–water partition coefficient (Wildman–Crippen LogP) is 1.80. The zero-order valence-electron chi connectivity index (χ0n) is 19.2. The van der Waals surface area contributed by atoms with Crippen molar-refractivity contribution in [3.05, 3.63) is 57.5 Å². The Morgan fingerprint density at radius 2 is 1.85 bits per heavy atom. The molecule has 1 fully saturated rings. The zero-order valence-corrected chi connectivity index (χ0v) is 19.2. The number of carboxylic acids is 2. The second kappa shape index (κ2) is 10.5. The number of aliphatic hydroxyl groups is 1. The van der Waals surface area contributed by atoms with Gasteiger partial charge in [-0.05, 0) is 49.9 Å². The number of aliphatic hydroxyl groups excluding tert-OH is 1. The third-order valence-electron chi connectivity index (χ3n) is 5.91. The second-order valence-electron chi connectivity index (χ2n) is 8.12. The number of nitrogens with zero attached hydrogens (tertiary/aromatic N) is 2. The molecule has 2 aromatic rings. The van der Waals surface area contributed by atoms with Crippen LogP contribution in [0.3, 0.4) is 0 Å². The Labute approximate surface area is 196 Å². The molecule has 10 nitrogen and oxygen atoms in total. The van der Waals surface area contributed by atoms with Crippen molar-refractivity contribution < 1.29 is 34.4 Å². The number of carbonyl (C=O) groups is 2. The highest BCUT2D eigenvalue weighted by Gasteiger charge is 2.37. The average molecular weight is 472 g/mol. The van der Waals surface area contributed by atoms with Crippen LogP contribution < -0.4 is 15.0 Å². The van der Waals surface area contributed by atoms with Gasteiger partial charge in [0, 0.05) is 36.4 Å². The van der Waals surface area contributed by atoms with Gasteiger partial charge in [0.2, 0.25) is 5.56 Å². The highest BCUT2D eigenvalue weighted by molar-refractivity contribution is 6.27. The van der Waals surface area contributed by atoms with Gasteiger partial charge in [-0.3, -0.25) is 9.79 Å². The standard InChI is InChI=1S/C22H26N2O4.C2H2O4/c1-4-28-20-10-15-16-9-14(25)6-7-18(16)23-22(17(15)11-19(20)27-3)13-5-8-21(26)24(2)12-13;3-1(4)2(5)6/h5,8,10-12,14,16,18,25H,4,6-7,9H2,1-3H3;(H,3,4)(H,5,6)/t14-,16-,18-;/m1./s1. The lowest BCUT2D eigenvalue weighted by Gasteiger charge is -2.37. The van der Waals surface area contributed by atoms with E-state index in [1.165, 1.54) is 0 Å². The van der Waals surface area contributed by atoms with Crippen LogP contribution in [0.4, 0.5) is 0 Å². The summed E-state index contributed by atoms with van der Waals surface area (Å²) in [7, 11) is 3.37. The van der Waals surface area contributed by atoms with Gasteiger partial charge in [-0.1, -0.05) is 0 Å². The normalized spacial score (nSPS) is 20.6. The number of rotatable bonds is 4. The van der Waals surface area contributed by atoms with Crippen molar-refractivity contribution in [2.75, 3.05) is 13.7 Å². The molecule has 182 valence electrons. The second-order valence-corrected chi connectivity index (χ2v) is 8.12. The van der Waals surface area contributed by atoms with E-state index < -0.39 is 11.9 Å². The van der Waals surface area contributed by atoms with E-state index in [9.17, 15) is 9.90 Å². The van der Waals surface area contributed by atoms with Gasteiger partial charge in [-0.15, -0.1) is 0 Å². The summed E-state index contributed by atoms with van der Waals surface area (Å²) in [5, 5.41) is 25.0. The van der Waals surface area contributed by atoms with Crippen molar-refractivity contribution in [2.24, 2.45) is 12.0 Å². The number of aromatic nitrogens is 1. The van der Waals surface area contributed by atoms with Gasteiger partial charge < -0.3 is 29.4 Å². The molecule has 4 rings (SSSR count). The molecule has 0 unspecified atom stereocenters. The minimum absolute atomic E-state index is 0.0525. The number of aliphatic imine (C=N–C) groups is 1. The minimum atomic E-state index is -1.82. The van der Waals surface area contributed by atoms with Crippen LogP contribution in [-0.4, -0.2) is 63.4 Å². The maximum Gasteiger partial charge on any atom is 0.414 e. The molecule has 1 aliphatic heterocycles. The number of carboxylic acid groups (broad SMARTS) is 2. The largest absolute Gasteiger partial charge is 0.493 e.